The Morgan fingerprint density at radius 3 is 2.94 bits per heavy atom. The number of thioether (sulfide) groups is 1. The minimum atomic E-state index is 0.674. The number of hydrogen-bond donors (Lipinski definition) is 1. The van der Waals surface area contributed by atoms with Crippen molar-refractivity contribution in [2.45, 2.75) is 10.6 Å². The minimum Gasteiger partial charge on any atom is -0.398 e. The van der Waals surface area contributed by atoms with Crippen LogP contribution in [0.15, 0.2) is 35.5 Å². The number of hydrogen-bond acceptors (Lipinski definition) is 3. The lowest BCUT2D eigenvalue weighted by Gasteiger charge is -2.04. The highest BCUT2D eigenvalue weighted by Crippen LogP contribution is 2.26. The summed E-state index contributed by atoms with van der Waals surface area (Å²) in [7, 11) is 1.90. The number of anilines is 1. The first-order valence-electron chi connectivity index (χ1n) is 4.80. The van der Waals surface area contributed by atoms with Gasteiger partial charge in [-0.2, -0.15) is 5.10 Å². The fourth-order valence-electron chi connectivity index (χ4n) is 1.33. The van der Waals surface area contributed by atoms with Gasteiger partial charge in [-0.25, -0.2) is 0 Å². The van der Waals surface area contributed by atoms with E-state index in [1.165, 1.54) is 0 Å². The van der Waals surface area contributed by atoms with Gasteiger partial charge in [-0.15, -0.1) is 11.8 Å². The molecule has 1 aromatic carbocycles. The first-order chi connectivity index (χ1) is 7.65. The molecule has 0 bridgehead atoms. The standard InChI is InChI=1S/C11H12ClN3S/c1-15-6-10(5-14-15)16-7-8-2-3-9(12)4-11(8)13/h2-6H,7,13H2,1H3. The van der Waals surface area contributed by atoms with Crippen LogP contribution in [0.4, 0.5) is 5.69 Å². The molecule has 16 heavy (non-hydrogen) atoms. The molecule has 0 aliphatic rings. The normalized spacial score (nSPS) is 10.6. The van der Waals surface area contributed by atoms with Crippen LogP contribution >= 0.6 is 23.4 Å². The maximum absolute atomic E-state index is 5.87. The Balaban J connectivity index is 2.04. The molecule has 84 valence electrons. The maximum Gasteiger partial charge on any atom is 0.0625 e. The van der Waals surface area contributed by atoms with Gasteiger partial charge in [0.2, 0.25) is 0 Å². The van der Waals surface area contributed by atoms with Crippen LogP contribution in [0.3, 0.4) is 0 Å². The number of aromatic nitrogens is 2. The number of aryl methyl sites for hydroxylation is 1. The van der Waals surface area contributed by atoms with Gasteiger partial charge in [-0.3, -0.25) is 4.68 Å². The van der Waals surface area contributed by atoms with E-state index in [4.69, 9.17) is 17.3 Å². The van der Waals surface area contributed by atoms with Gasteiger partial charge in [0.1, 0.15) is 0 Å². The second kappa shape index (κ2) is 4.80. The molecule has 0 spiro atoms. The van der Waals surface area contributed by atoms with Crippen molar-refractivity contribution in [2.75, 3.05) is 5.73 Å². The van der Waals surface area contributed by atoms with Crippen molar-refractivity contribution in [3.63, 3.8) is 0 Å². The number of nitrogens with two attached hydrogens (primary N) is 1. The van der Waals surface area contributed by atoms with Crippen LogP contribution in [0.1, 0.15) is 5.56 Å². The third-order valence-corrected chi connectivity index (χ3v) is 3.42. The van der Waals surface area contributed by atoms with Gasteiger partial charge in [0, 0.05) is 34.6 Å². The zero-order valence-corrected chi connectivity index (χ0v) is 10.4. The zero-order chi connectivity index (χ0) is 11.5. The Morgan fingerprint density at radius 1 is 1.50 bits per heavy atom. The van der Waals surface area contributed by atoms with Gasteiger partial charge < -0.3 is 5.73 Å². The van der Waals surface area contributed by atoms with Crippen LogP contribution in [-0.4, -0.2) is 9.78 Å². The van der Waals surface area contributed by atoms with Crippen LogP contribution in [0.25, 0.3) is 0 Å². The average Bonchev–Trinajstić information content (AvgIpc) is 2.63. The van der Waals surface area contributed by atoms with E-state index < -0.39 is 0 Å². The molecule has 2 rings (SSSR count). The fourth-order valence-corrected chi connectivity index (χ4v) is 2.45. The Hall–Kier alpha value is -1.13. The SMILES string of the molecule is Cn1cc(SCc2ccc(Cl)cc2N)cn1. The molecule has 0 amide bonds. The molecule has 0 saturated heterocycles. The topological polar surface area (TPSA) is 43.8 Å². The summed E-state index contributed by atoms with van der Waals surface area (Å²) in [6.45, 7) is 0. The third kappa shape index (κ3) is 2.71. The van der Waals surface area contributed by atoms with E-state index >= 15 is 0 Å². The van der Waals surface area contributed by atoms with E-state index in [2.05, 4.69) is 5.10 Å². The van der Waals surface area contributed by atoms with E-state index in [9.17, 15) is 0 Å². The van der Waals surface area contributed by atoms with Crippen LogP contribution in [0, 0.1) is 0 Å². The molecule has 5 heteroatoms. The summed E-state index contributed by atoms with van der Waals surface area (Å²) in [5.41, 5.74) is 7.71. The van der Waals surface area contributed by atoms with E-state index in [0.29, 0.717) is 5.02 Å². The molecule has 0 aliphatic carbocycles. The molecule has 0 aliphatic heterocycles. The summed E-state index contributed by atoms with van der Waals surface area (Å²) in [6, 6.07) is 5.60. The second-order valence-corrected chi connectivity index (χ2v) is 4.97. The molecule has 0 fully saturated rings. The number of nitrogen functional groups attached to an aromatic ring is 1. The summed E-state index contributed by atoms with van der Waals surface area (Å²) in [5.74, 6) is 0.828. The summed E-state index contributed by atoms with van der Waals surface area (Å²) in [5, 5.41) is 4.78. The summed E-state index contributed by atoms with van der Waals surface area (Å²) >= 11 is 7.55. The van der Waals surface area contributed by atoms with Gasteiger partial charge >= 0.3 is 0 Å². The van der Waals surface area contributed by atoms with Gasteiger partial charge in [0.25, 0.3) is 0 Å². The van der Waals surface area contributed by atoms with Gasteiger partial charge in [-0.05, 0) is 17.7 Å². The van der Waals surface area contributed by atoms with Crippen molar-refractivity contribution in [1.82, 2.24) is 9.78 Å². The molecule has 1 heterocycles. The minimum absolute atomic E-state index is 0.674. The second-order valence-electron chi connectivity index (χ2n) is 3.48. The average molecular weight is 254 g/mol. The Kier molecular flexibility index (Phi) is 3.41. The van der Waals surface area contributed by atoms with Crippen molar-refractivity contribution in [3.8, 4) is 0 Å². The molecule has 3 nitrogen and oxygen atoms in total. The van der Waals surface area contributed by atoms with Crippen molar-refractivity contribution in [2.24, 2.45) is 7.05 Å². The Morgan fingerprint density at radius 2 is 2.31 bits per heavy atom. The van der Waals surface area contributed by atoms with E-state index in [-0.39, 0.29) is 0 Å². The number of rotatable bonds is 3. The summed E-state index contributed by atoms with van der Waals surface area (Å²) < 4.78 is 1.79. The monoisotopic (exact) mass is 253 g/mol. The lowest BCUT2D eigenvalue weighted by Crippen LogP contribution is -1.92. The van der Waals surface area contributed by atoms with Crippen LogP contribution in [0.2, 0.25) is 5.02 Å². The Bertz CT molecular complexity index is 496. The predicted octanol–water partition coefficient (Wildman–Crippen LogP) is 2.95. The fraction of sp³-hybridized carbons (Fsp3) is 0.182. The molecule has 2 aromatic rings. The molecule has 0 radical (unpaired) electrons. The molecule has 0 unspecified atom stereocenters. The van der Waals surface area contributed by atoms with Gasteiger partial charge in [0.05, 0.1) is 6.20 Å². The lowest BCUT2D eigenvalue weighted by molar-refractivity contribution is 0.766. The summed E-state index contributed by atoms with van der Waals surface area (Å²) in [4.78, 5) is 1.14. The predicted molar refractivity (Wildman–Crippen MR) is 68.6 cm³/mol. The van der Waals surface area contributed by atoms with Crippen LogP contribution in [0.5, 0.6) is 0 Å². The number of nitrogens with zero attached hydrogens (tertiary/aromatic N) is 2. The molecule has 0 atom stereocenters. The van der Waals surface area contributed by atoms with Crippen LogP contribution in [-0.2, 0) is 12.8 Å². The van der Waals surface area contributed by atoms with Crippen molar-refractivity contribution in [1.29, 1.82) is 0 Å². The molecule has 0 saturated carbocycles. The number of halogens is 1. The van der Waals surface area contributed by atoms with Gasteiger partial charge in [-0.1, -0.05) is 17.7 Å². The molecular weight excluding hydrogens is 242 g/mol. The highest BCUT2D eigenvalue weighted by molar-refractivity contribution is 7.98. The van der Waals surface area contributed by atoms with Crippen molar-refractivity contribution in [3.05, 3.63) is 41.2 Å². The summed E-state index contributed by atoms with van der Waals surface area (Å²) in [6.07, 6.45) is 3.83. The first kappa shape index (κ1) is 11.4. The molecule has 2 N–H and O–H groups in total. The quantitative estimate of drug-likeness (QED) is 0.676. The molecular formula is C11H12ClN3S. The lowest BCUT2D eigenvalue weighted by atomic mass is 10.2. The first-order valence-corrected chi connectivity index (χ1v) is 6.17. The largest absolute Gasteiger partial charge is 0.398 e. The Labute approximate surface area is 104 Å². The van der Waals surface area contributed by atoms with Crippen molar-refractivity contribution >= 4 is 29.1 Å². The third-order valence-electron chi connectivity index (χ3n) is 2.18. The number of benzene rings is 1. The van der Waals surface area contributed by atoms with E-state index in [1.807, 2.05) is 31.6 Å². The van der Waals surface area contributed by atoms with Crippen LogP contribution < -0.4 is 5.73 Å². The van der Waals surface area contributed by atoms with Gasteiger partial charge in [0.15, 0.2) is 0 Å². The highest BCUT2D eigenvalue weighted by atomic mass is 35.5. The maximum atomic E-state index is 5.87. The molecule has 1 aromatic heterocycles. The van der Waals surface area contributed by atoms with Crippen molar-refractivity contribution < 1.29 is 0 Å². The van der Waals surface area contributed by atoms with E-state index in [1.54, 1.807) is 22.5 Å². The highest BCUT2D eigenvalue weighted by Gasteiger charge is 2.02. The van der Waals surface area contributed by atoms with E-state index in [0.717, 1.165) is 21.9 Å². The smallest absolute Gasteiger partial charge is 0.0625 e. The zero-order valence-electron chi connectivity index (χ0n) is 8.85.